The third kappa shape index (κ3) is 2.84. The molecule has 0 radical (unpaired) electrons. The highest BCUT2D eigenvalue weighted by molar-refractivity contribution is 7.99. The predicted octanol–water partition coefficient (Wildman–Crippen LogP) is 3.19. The minimum atomic E-state index is 0.478. The molecule has 2 heterocycles. The summed E-state index contributed by atoms with van der Waals surface area (Å²) in [7, 11) is 0. The summed E-state index contributed by atoms with van der Waals surface area (Å²) in [6.07, 6.45) is 3.58. The second-order valence-electron chi connectivity index (χ2n) is 4.61. The van der Waals surface area contributed by atoms with Crippen molar-refractivity contribution in [2.24, 2.45) is 5.73 Å². The van der Waals surface area contributed by atoms with E-state index in [4.69, 9.17) is 5.73 Å². The van der Waals surface area contributed by atoms with E-state index in [9.17, 15) is 0 Å². The molecule has 4 nitrogen and oxygen atoms in total. The molecule has 2 N–H and O–H groups in total. The molecule has 21 heavy (non-hydrogen) atoms. The number of benzene rings is 1. The molecule has 0 atom stereocenters. The lowest BCUT2D eigenvalue weighted by molar-refractivity contribution is 0.788. The Balaban J connectivity index is 2.09. The van der Waals surface area contributed by atoms with Gasteiger partial charge in [-0.2, -0.15) is 5.10 Å². The number of hydrogen-bond donors (Lipinski definition) is 1. The van der Waals surface area contributed by atoms with Gasteiger partial charge in [-0.15, -0.1) is 0 Å². The molecule has 0 amide bonds. The molecule has 1 aromatic carbocycles. The van der Waals surface area contributed by atoms with E-state index in [0.29, 0.717) is 6.54 Å². The number of aromatic nitrogens is 3. The molecule has 3 aromatic rings. The first-order valence-electron chi connectivity index (χ1n) is 6.71. The standard InChI is InChI=1S/C16H16N4S/c1-12-15(11-17)16(21-14-7-9-18-10-8-14)20(19-12)13-5-3-2-4-6-13/h2-10H,11,17H2,1H3. The molecule has 106 valence electrons. The van der Waals surface area contributed by atoms with Crippen LogP contribution < -0.4 is 5.73 Å². The molecule has 0 fully saturated rings. The minimum absolute atomic E-state index is 0.478. The van der Waals surface area contributed by atoms with Gasteiger partial charge in [-0.05, 0) is 31.2 Å². The molecule has 2 aromatic heterocycles. The molecule has 3 rings (SSSR count). The summed E-state index contributed by atoms with van der Waals surface area (Å²) >= 11 is 1.66. The first-order chi connectivity index (χ1) is 10.3. The molecule has 0 saturated heterocycles. The number of nitrogens with zero attached hydrogens (tertiary/aromatic N) is 3. The van der Waals surface area contributed by atoms with Gasteiger partial charge in [-0.25, -0.2) is 4.68 Å². The van der Waals surface area contributed by atoms with Gasteiger partial charge in [0.15, 0.2) is 0 Å². The molecule has 0 aliphatic carbocycles. The van der Waals surface area contributed by atoms with Crippen LogP contribution >= 0.6 is 11.8 Å². The predicted molar refractivity (Wildman–Crippen MR) is 84.6 cm³/mol. The van der Waals surface area contributed by atoms with E-state index in [-0.39, 0.29) is 0 Å². The lowest BCUT2D eigenvalue weighted by atomic mass is 10.3. The van der Waals surface area contributed by atoms with E-state index in [1.807, 2.05) is 54.1 Å². The van der Waals surface area contributed by atoms with Crippen LogP contribution in [0.3, 0.4) is 0 Å². The lowest BCUT2D eigenvalue weighted by Crippen LogP contribution is -2.01. The van der Waals surface area contributed by atoms with Crippen LogP contribution in [0.5, 0.6) is 0 Å². The number of nitrogens with two attached hydrogens (primary N) is 1. The van der Waals surface area contributed by atoms with Crippen molar-refractivity contribution in [1.29, 1.82) is 0 Å². The van der Waals surface area contributed by atoms with Crippen LogP contribution in [-0.4, -0.2) is 14.8 Å². The van der Waals surface area contributed by atoms with Crippen LogP contribution in [0.4, 0.5) is 0 Å². The van der Waals surface area contributed by atoms with E-state index in [0.717, 1.165) is 26.9 Å². The quantitative estimate of drug-likeness (QED) is 0.803. The lowest BCUT2D eigenvalue weighted by Gasteiger charge is -2.08. The Labute approximate surface area is 128 Å². The van der Waals surface area contributed by atoms with Gasteiger partial charge in [0, 0.05) is 29.4 Å². The molecular weight excluding hydrogens is 280 g/mol. The van der Waals surface area contributed by atoms with Crippen LogP contribution in [0.25, 0.3) is 5.69 Å². The molecule has 5 heteroatoms. The van der Waals surface area contributed by atoms with Crippen molar-refractivity contribution in [2.75, 3.05) is 0 Å². The van der Waals surface area contributed by atoms with Crippen molar-refractivity contribution >= 4 is 11.8 Å². The van der Waals surface area contributed by atoms with Gasteiger partial charge in [0.2, 0.25) is 0 Å². The number of aryl methyl sites for hydroxylation is 1. The summed E-state index contributed by atoms with van der Waals surface area (Å²) < 4.78 is 1.96. The fraction of sp³-hybridized carbons (Fsp3) is 0.125. The molecule has 0 aliphatic rings. The fourth-order valence-corrected chi connectivity index (χ4v) is 3.21. The summed E-state index contributed by atoms with van der Waals surface area (Å²) in [6, 6.07) is 14.1. The van der Waals surface area contributed by atoms with Crippen molar-refractivity contribution in [1.82, 2.24) is 14.8 Å². The zero-order chi connectivity index (χ0) is 14.7. The number of rotatable bonds is 4. The highest BCUT2D eigenvalue weighted by Crippen LogP contribution is 2.33. The van der Waals surface area contributed by atoms with Crippen molar-refractivity contribution in [3.05, 3.63) is 66.1 Å². The van der Waals surface area contributed by atoms with Gasteiger partial charge < -0.3 is 5.73 Å². The van der Waals surface area contributed by atoms with Crippen LogP contribution in [0.2, 0.25) is 0 Å². The Morgan fingerprint density at radius 1 is 1.10 bits per heavy atom. The van der Waals surface area contributed by atoms with Crippen LogP contribution in [0, 0.1) is 6.92 Å². The van der Waals surface area contributed by atoms with E-state index in [2.05, 4.69) is 10.1 Å². The van der Waals surface area contributed by atoms with Crippen molar-refractivity contribution in [3.63, 3.8) is 0 Å². The Morgan fingerprint density at radius 3 is 2.48 bits per heavy atom. The highest BCUT2D eigenvalue weighted by atomic mass is 32.2. The largest absolute Gasteiger partial charge is 0.326 e. The van der Waals surface area contributed by atoms with Crippen LogP contribution in [0.1, 0.15) is 11.3 Å². The average Bonchev–Trinajstić information content (AvgIpc) is 2.85. The highest BCUT2D eigenvalue weighted by Gasteiger charge is 2.16. The van der Waals surface area contributed by atoms with Gasteiger partial charge >= 0.3 is 0 Å². The third-order valence-corrected chi connectivity index (χ3v) is 4.33. The first-order valence-corrected chi connectivity index (χ1v) is 7.53. The van der Waals surface area contributed by atoms with Gasteiger partial charge in [-0.3, -0.25) is 4.98 Å². The van der Waals surface area contributed by atoms with Gasteiger partial charge in [-0.1, -0.05) is 30.0 Å². The maximum atomic E-state index is 5.92. The topological polar surface area (TPSA) is 56.7 Å². The van der Waals surface area contributed by atoms with E-state index in [1.54, 1.807) is 24.2 Å². The Morgan fingerprint density at radius 2 is 1.81 bits per heavy atom. The van der Waals surface area contributed by atoms with Gasteiger partial charge in [0.1, 0.15) is 5.03 Å². The van der Waals surface area contributed by atoms with Crippen LogP contribution in [-0.2, 0) is 6.54 Å². The van der Waals surface area contributed by atoms with Gasteiger partial charge in [0.25, 0.3) is 0 Å². The molecule has 0 spiro atoms. The van der Waals surface area contributed by atoms with Crippen molar-refractivity contribution in [2.45, 2.75) is 23.4 Å². The number of para-hydroxylation sites is 1. The average molecular weight is 296 g/mol. The Kier molecular flexibility index (Phi) is 4.03. The minimum Gasteiger partial charge on any atom is -0.326 e. The summed E-state index contributed by atoms with van der Waals surface area (Å²) in [4.78, 5) is 5.18. The van der Waals surface area contributed by atoms with Crippen molar-refractivity contribution < 1.29 is 0 Å². The maximum absolute atomic E-state index is 5.92. The molecule has 0 aliphatic heterocycles. The Bertz CT molecular complexity index is 723. The van der Waals surface area contributed by atoms with Crippen molar-refractivity contribution in [3.8, 4) is 5.69 Å². The fourth-order valence-electron chi connectivity index (χ4n) is 2.14. The second-order valence-corrected chi connectivity index (χ2v) is 5.67. The summed E-state index contributed by atoms with van der Waals surface area (Å²) in [5, 5.41) is 5.71. The SMILES string of the molecule is Cc1nn(-c2ccccc2)c(Sc2ccncc2)c1CN. The summed E-state index contributed by atoms with van der Waals surface area (Å²) in [5.74, 6) is 0. The first kappa shape index (κ1) is 13.9. The third-order valence-electron chi connectivity index (χ3n) is 3.21. The molecule has 0 saturated carbocycles. The zero-order valence-electron chi connectivity index (χ0n) is 11.7. The zero-order valence-corrected chi connectivity index (χ0v) is 12.5. The molecule has 0 bridgehead atoms. The monoisotopic (exact) mass is 296 g/mol. The summed E-state index contributed by atoms with van der Waals surface area (Å²) in [6.45, 7) is 2.48. The summed E-state index contributed by atoms with van der Waals surface area (Å²) in [5.41, 5.74) is 9.01. The normalized spacial score (nSPS) is 10.8. The van der Waals surface area contributed by atoms with Crippen LogP contribution in [0.15, 0.2) is 64.8 Å². The maximum Gasteiger partial charge on any atom is 0.109 e. The second kappa shape index (κ2) is 6.11. The molecule has 0 unspecified atom stereocenters. The number of pyridine rings is 1. The van der Waals surface area contributed by atoms with E-state index < -0.39 is 0 Å². The van der Waals surface area contributed by atoms with Gasteiger partial charge in [0.05, 0.1) is 11.4 Å². The molecular formula is C16H16N4S. The van der Waals surface area contributed by atoms with E-state index >= 15 is 0 Å². The Hall–Kier alpha value is -2.11. The number of hydrogen-bond acceptors (Lipinski definition) is 4. The smallest absolute Gasteiger partial charge is 0.109 e. The van der Waals surface area contributed by atoms with E-state index in [1.165, 1.54) is 0 Å².